The van der Waals surface area contributed by atoms with E-state index in [1.807, 2.05) is 14.0 Å². The average molecular weight is 319 g/mol. The van der Waals surface area contributed by atoms with Gasteiger partial charge in [0.05, 0.1) is 11.6 Å². The molecule has 2 atom stereocenters. The Morgan fingerprint density at radius 2 is 2.29 bits per heavy atom. The van der Waals surface area contributed by atoms with E-state index in [0.717, 1.165) is 24.1 Å². The molecule has 1 N–H and O–H groups in total. The van der Waals surface area contributed by atoms with Gasteiger partial charge < -0.3 is 5.32 Å². The van der Waals surface area contributed by atoms with Crippen LogP contribution >= 0.6 is 11.8 Å². The first-order valence-corrected chi connectivity index (χ1v) is 8.13. The lowest BCUT2D eigenvalue weighted by molar-refractivity contribution is -0.138. The second-order valence-electron chi connectivity index (χ2n) is 5.12. The quantitative estimate of drug-likeness (QED) is 0.924. The number of hydrogen-bond donors (Lipinski definition) is 1. The molecule has 1 fully saturated rings. The highest BCUT2D eigenvalue weighted by Gasteiger charge is 2.38. The van der Waals surface area contributed by atoms with E-state index >= 15 is 0 Å². The maximum Gasteiger partial charge on any atom is 0.416 e. The smallest absolute Gasteiger partial charge is 0.309 e. The molecule has 0 amide bonds. The maximum absolute atomic E-state index is 13.2. The average Bonchev–Trinajstić information content (AvgIpc) is 2.45. The number of halogens is 3. The number of hydrogen-bond acceptors (Lipinski definition) is 4. The van der Waals surface area contributed by atoms with E-state index in [9.17, 15) is 13.2 Å². The molecule has 0 radical (unpaired) electrons. The molecule has 118 valence electrons. The maximum atomic E-state index is 13.2. The summed E-state index contributed by atoms with van der Waals surface area (Å²) < 4.78 is 39.7. The normalized spacial score (nSPS) is 22.2. The fourth-order valence-corrected chi connectivity index (χ4v) is 3.91. The van der Waals surface area contributed by atoms with E-state index in [0.29, 0.717) is 6.54 Å². The number of thioether (sulfide) groups is 1. The zero-order chi connectivity index (χ0) is 15.5. The molecule has 0 spiro atoms. The van der Waals surface area contributed by atoms with Crippen LogP contribution in [0.3, 0.4) is 0 Å². The highest BCUT2D eigenvalue weighted by molar-refractivity contribution is 7.99. The number of alkyl halides is 3. The summed E-state index contributed by atoms with van der Waals surface area (Å²) in [6.07, 6.45) is -1.80. The number of nitrogens with zero attached hydrogens (tertiary/aromatic N) is 2. The van der Waals surface area contributed by atoms with Crippen LogP contribution in [0.15, 0.2) is 18.5 Å². The molecule has 0 aliphatic carbocycles. The van der Waals surface area contributed by atoms with Gasteiger partial charge in [0.2, 0.25) is 0 Å². The van der Waals surface area contributed by atoms with Gasteiger partial charge in [-0.3, -0.25) is 9.88 Å². The molecular formula is C14H20F3N3S. The molecule has 1 aliphatic heterocycles. The Morgan fingerprint density at radius 1 is 1.52 bits per heavy atom. The molecule has 2 heterocycles. The third-order valence-electron chi connectivity index (χ3n) is 3.74. The minimum atomic E-state index is -4.35. The van der Waals surface area contributed by atoms with Gasteiger partial charge >= 0.3 is 6.18 Å². The molecular weight excluding hydrogens is 299 g/mol. The summed E-state index contributed by atoms with van der Waals surface area (Å²) >= 11 is 1.79. The molecule has 0 aromatic carbocycles. The third-order valence-corrected chi connectivity index (χ3v) is 4.79. The van der Waals surface area contributed by atoms with Gasteiger partial charge in [-0.1, -0.05) is 6.92 Å². The predicted molar refractivity (Wildman–Crippen MR) is 79.4 cm³/mol. The van der Waals surface area contributed by atoms with Crippen molar-refractivity contribution >= 4 is 11.8 Å². The Morgan fingerprint density at radius 3 is 2.90 bits per heavy atom. The van der Waals surface area contributed by atoms with Crippen LogP contribution in [0.5, 0.6) is 0 Å². The van der Waals surface area contributed by atoms with E-state index in [4.69, 9.17) is 0 Å². The van der Waals surface area contributed by atoms with Crippen LogP contribution in [-0.2, 0) is 6.18 Å². The van der Waals surface area contributed by atoms with Crippen molar-refractivity contribution in [1.29, 1.82) is 0 Å². The number of pyridine rings is 1. The number of likely N-dealkylation sites (N-methyl/N-ethyl adjacent to an activating group) is 2. The Kier molecular flexibility index (Phi) is 5.51. The molecule has 7 heteroatoms. The first kappa shape index (κ1) is 16.6. The minimum Gasteiger partial charge on any atom is -0.309 e. The van der Waals surface area contributed by atoms with Gasteiger partial charge in [0.15, 0.2) is 0 Å². The largest absolute Gasteiger partial charge is 0.416 e. The molecule has 3 nitrogen and oxygen atoms in total. The van der Waals surface area contributed by atoms with Crippen molar-refractivity contribution in [1.82, 2.24) is 15.2 Å². The summed E-state index contributed by atoms with van der Waals surface area (Å²) in [5.74, 6) is 1.84. The summed E-state index contributed by atoms with van der Waals surface area (Å²) in [5.41, 5.74) is -0.348. The van der Waals surface area contributed by atoms with Crippen LogP contribution in [0.25, 0.3) is 0 Å². The Labute approximate surface area is 127 Å². The van der Waals surface area contributed by atoms with E-state index < -0.39 is 11.7 Å². The topological polar surface area (TPSA) is 28.2 Å². The molecule has 2 rings (SSSR count). The van der Waals surface area contributed by atoms with Crippen LogP contribution in [0.2, 0.25) is 0 Å². The molecule has 1 aromatic rings. The first-order chi connectivity index (χ1) is 9.95. The van der Waals surface area contributed by atoms with Gasteiger partial charge in [-0.05, 0) is 19.7 Å². The molecule has 2 unspecified atom stereocenters. The van der Waals surface area contributed by atoms with Crippen molar-refractivity contribution in [2.75, 3.05) is 31.6 Å². The summed E-state index contributed by atoms with van der Waals surface area (Å²) in [5, 5.41) is 3.22. The summed E-state index contributed by atoms with van der Waals surface area (Å²) in [6.45, 7) is 3.41. The second kappa shape index (κ2) is 6.98. The SMILES string of the molecule is CCNC(c1cnccc1C(F)(F)F)C1CSCCN1C. The van der Waals surface area contributed by atoms with Crippen LogP contribution in [0.1, 0.15) is 24.1 Å². The van der Waals surface area contributed by atoms with Crippen LogP contribution in [-0.4, -0.2) is 47.6 Å². The lowest BCUT2D eigenvalue weighted by Crippen LogP contribution is -2.48. The molecule has 21 heavy (non-hydrogen) atoms. The van der Waals surface area contributed by atoms with Gasteiger partial charge in [0, 0.05) is 42.0 Å². The van der Waals surface area contributed by atoms with E-state index in [-0.39, 0.29) is 17.6 Å². The van der Waals surface area contributed by atoms with Crippen molar-refractivity contribution < 1.29 is 13.2 Å². The lowest BCUT2D eigenvalue weighted by atomic mass is 9.96. The highest BCUT2D eigenvalue weighted by Crippen LogP contribution is 2.36. The highest BCUT2D eigenvalue weighted by atomic mass is 32.2. The second-order valence-corrected chi connectivity index (χ2v) is 6.27. The first-order valence-electron chi connectivity index (χ1n) is 6.97. The van der Waals surface area contributed by atoms with Gasteiger partial charge in [-0.25, -0.2) is 0 Å². The van der Waals surface area contributed by atoms with Crippen LogP contribution in [0, 0.1) is 0 Å². The van der Waals surface area contributed by atoms with Crippen LogP contribution in [0.4, 0.5) is 13.2 Å². The third kappa shape index (κ3) is 3.90. The number of aromatic nitrogens is 1. The zero-order valence-electron chi connectivity index (χ0n) is 12.2. The monoisotopic (exact) mass is 319 g/mol. The predicted octanol–water partition coefficient (Wildman–Crippen LogP) is 2.80. The van der Waals surface area contributed by atoms with Crippen molar-refractivity contribution in [3.63, 3.8) is 0 Å². The Balaban J connectivity index is 2.38. The molecule has 1 aromatic heterocycles. The van der Waals surface area contributed by atoms with Crippen molar-refractivity contribution in [3.8, 4) is 0 Å². The standard InChI is InChI=1S/C14H20F3N3S/c1-3-19-13(12-9-21-7-6-20(12)2)10-8-18-5-4-11(10)14(15,16)17/h4-5,8,12-13,19H,3,6-7,9H2,1-2H3. The van der Waals surface area contributed by atoms with Crippen molar-refractivity contribution in [3.05, 3.63) is 29.6 Å². The molecule has 0 saturated carbocycles. The Hall–Kier alpha value is -0.790. The van der Waals surface area contributed by atoms with E-state index in [1.54, 1.807) is 11.8 Å². The van der Waals surface area contributed by atoms with E-state index in [2.05, 4.69) is 15.2 Å². The van der Waals surface area contributed by atoms with Gasteiger partial charge in [-0.2, -0.15) is 24.9 Å². The van der Waals surface area contributed by atoms with Crippen LogP contribution < -0.4 is 5.32 Å². The lowest BCUT2D eigenvalue weighted by Gasteiger charge is -2.38. The van der Waals surface area contributed by atoms with E-state index in [1.165, 1.54) is 12.4 Å². The van der Waals surface area contributed by atoms with Crippen molar-refractivity contribution in [2.45, 2.75) is 25.2 Å². The van der Waals surface area contributed by atoms with Gasteiger partial charge in [0.1, 0.15) is 0 Å². The fourth-order valence-electron chi connectivity index (χ4n) is 2.64. The molecule has 1 aliphatic rings. The van der Waals surface area contributed by atoms with Gasteiger partial charge in [0.25, 0.3) is 0 Å². The molecule has 1 saturated heterocycles. The molecule has 0 bridgehead atoms. The fraction of sp³-hybridized carbons (Fsp3) is 0.643. The summed E-state index contributed by atoms with van der Waals surface area (Å²) in [7, 11) is 1.97. The number of nitrogens with one attached hydrogen (secondary N) is 1. The van der Waals surface area contributed by atoms with Gasteiger partial charge in [-0.15, -0.1) is 0 Å². The number of rotatable bonds is 4. The zero-order valence-corrected chi connectivity index (χ0v) is 13.0. The minimum absolute atomic E-state index is 0.0361. The van der Waals surface area contributed by atoms with Crippen molar-refractivity contribution in [2.24, 2.45) is 0 Å². The Bertz CT molecular complexity index is 467. The summed E-state index contributed by atoms with van der Waals surface area (Å²) in [6, 6.07) is 0.738. The summed E-state index contributed by atoms with van der Waals surface area (Å²) in [4.78, 5) is 6.05.